The Labute approximate surface area is 193 Å². The van der Waals surface area contributed by atoms with Gasteiger partial charge < -0.3 is 9.67 Å². The molecule has 0 aliphatic heterocycles. The van der Waals surface area contributed by atoms with E-state index in [1.54, 1.807) is 12.1 Å². The summed E-state index contributed by atoms with van der Waals surface area (Å²) in [6, 6.07) is 21.0. The van der Waals surface area contributed by atoms with E-state index in [4.69, 9.17) is 4.98 Å². The number of para-hydroxylation sites is 1. The van der Waals surface area contributed by atoms with Gasteiger partial charge in [0.25, 0.3) is 0 Å². The summed E-state index contributed by atoms with van der Waals surface area (Å²) in [7, 11) is 0. The maximum absolute atomic E-state index is 11.9. The van der Waals surface area contributed by atoms with E-state index in [1.165, 1.54) is 0 Å². The lowest BCUT2D eigenvalue weighted by molar-refractivity contribution is 0.0698. The van der Waals surface area contributed by atoms with Crippen LogP contribution in [-0.2, 0) is 6.54 Å². The fourth-order valence-electron chi connectivity index (χ4n) is 4.45. The number of carboxylic acid groups (broad SMARTS) is 1. The highest BCUT2D eigenvalue weighted by atomic mass is 16.5. The number of benzene rings is 3. The molecule has 1 saturated carbocycles. The normalized spacial score (nSPS) is 13.4. The van der Waals surface area contributed by atoms with E-state index in [-0.39, 0.29) is 5.56 Å². The third-order valence-corrected chi connectivity index (χ3v) is 6.20. The number of rotatable bonds is 6. The number of H-pyrrole nitrogens is 1. The molecule has 8 heteroatoms. The maximum atomic E-state index is 11.9. The zero-order chi connectivity index (χ0) is 23.2. The van der Waals surface area contributed by atoms with Gasteiger partial charge in [-0.25, -0.2) is 14.6 Å². The molecule has 0 amide bonds. The monoisotopic (exact) mass is 452 g/mol. The SMILES string of the molecule is O=C(O)c1cccc2nc(C3CC3)n(Cc3ccc(-c4ccccc4-c4noc(=O)[nH]4)cc3)c12. The molecule has 168 valence electrons. The number of hydrogen-bond donors (Lipinski definition) is 2. The van der Waals surface area contributed by atoms with E-state index in [1.807, 2.05) is 54.6 Å². The highest BCUT2D eigenvalue weighted by Crippen LogP contribution is 2.41. The molecule has 1 fully saturated rings. The number of carbonyl (C=O) groups is 1. The van der Waals surface area contributed by atoms with Crippen molar-refractivity contribution in [1.82, 2.24) is 19.7 Å². The number of imidazole rings is 1. The summed E-state index contributed by atoms with van der Waals surface area (Å²) in [5.74, 6) is 0.162. The Balaban J connectivity index is 1.38. The lowest BCUT2D eigenvalue weighted by Crippen LogP contribution is -2.07. The highest BCUT2D eigenvalue weighted by Gasteiger charge is 2.30. The summed E-state index contributed by atoms with van der Waals surface area (Å²) >= 11 is 0. The van der Waals surface area contributed by atoms with Gasteiger partial charge >= 0.3 is 11.7 Å². The molecule has 1 aliphatic carbocycles. The molecule has 0 saturated heterocycles. The molecule has 6 rings (SSSR count). The first-order valence-corrected chi connectivity index (χ1v) is 11.1. The number of fused-ring (bicyclic) bond motifs is 1. The zero-order valence-corrected chi connectivity index (χ0v) is 18.1. The minimum atomic E-state index is -0.952. The number of aromatic carboxylic acids is 1. The predicted octanol–water partition coefficient (Wildman–Crippen LogP) is 4.67. The molecule has 2 aromatic heterocycles. The van der Waals surface area contributed by atoms with Crippen LogP contribution in [0.5, 0.6) is 0 Å². The number of nitrogens with one attached hydrogen (secondary N) is 1. The van der Waals surface area contributed by atoms with E-state index in [0.717, 1.165) is 40.9 Å². The molecule has 0 atom stereocenters. The molecule has 5 aromatic rings. The van der Waals surface area contributed by atoms with Gasteiger partial charge in [-0.1, -0.05) is 59.8 Å². The first-order valence-electron chi connectivity index (χ1n) is 11.1. The van der Waals surface area contributed by atoms with Crippen LogP contribution in [0, 0.1) is 0 Å². The largest absolute Gasteiger partial charge is 0.478 e. The van der Waals surface area contributed by atoms with Crippen molar-refractivity contribution in [1.29, 1.82) is 0 Å². The fraction of sp³-hybridized carbons (Fsp3) is 0.154. The first kappa shape index (κ1) is 20.2. The van der Waals surface area contributed by atoms with Gasteiger partial charge in [0.1, 0.15) is 5.82 Å². The van der Waals surface area contributed by atoms with Crippen LogP contribution in [0.3, 0.4) is 0 Å². The molecule has 0 bridgehead atoms. The van der Waals surface area contributed by atoms with Crippen molar-refractivity contribution < 1.29 is 14.4 Å². The summed E-state index contributed by atoms with van der Waals surface area (Å²) in [6.45, 7) is 0.533. The third kappa shape index (κ3) is 3.49. The first-order chi connectivity index (χ1) is 16.6. The number of hydrogen-bond acceptors (Lipinski definition) is 5. The van der Waals surface area contributed by atoms with E-state index >= 15 is 0 Å². The Kier molecular flexibility index (Phi) is 4.65. The van der Waals surface area contributed by atoms with Crippen LogP contribution >= 0.6 is 0 Å². The van der Waals surface area contributed by atoms with Crippen molar-refractivity contribution in [3.63, 3.8) is 0 Å². The lowest BCUT2D eigenvalue weighted by Gasteiger charge is -2.12. The van der Waals surface area contributed by atoms with E-state index in [2.05, 4.69) is 19.2 Å². The van der Waals surface area contributed by atoms with Gasteiger partial charge in [-0.15, -0.1) is 0 Å². The van der Waals surface area contributed by atoms with Crippen LogP contribution in [0.25, 0.3) is 33.5 Å². The van der Waals surface area contributed by atoms with Gasteiger partial charge in [0.15, 0.2) is 5.82 Å². The Hall–Kier alpha value is -4.46. The van der Waals surface area contributed by atoms with Crippen LogP contribution in [0.4, 0.5) is 0 Å². The standard InChI is InChI=1S/C26H20N4O4/c31-25(32)20-6-3-7-21-22(20)30(24(27-21)17-12-13-17)14-15-8-10-16(11-9-15)18-4-1-2-5-19(18)23-28-26(33)34-29-23/h1-11,17H,12-14H2,(H,31,32)(H,28,29,33). The van der Waals surface area contributed by atoms with Crippen molar-refractivity contribution in [3.05, 3.63) is 94.2 Å². The van der Waals surface area contributed by atoms with Crippen molar-refractivity contribution in [3.8, 4) is 22.5 Å². The molecule has 34 heavy (non-hydrogen) atoms. The van der Waals surface area contributed by atoms with E-state index in [0.29, 0.717) is 29.3 Å². The third-order valence-electron chi connectivity index (χ3n) is 6.20. The quantitative estimate of drug-likeness (QED) is 0.387. The highest BCUT2D eigenvalue weighted by molar-refractivity contribution is 6.01. The van der Waals surface area contributed by atoms with Crippen LogP contribution < -0.4 is 5.76 Å². The Morgan fingerprint density at radius 1 is 1.03 bits per heavy atom. The second-order valence-corrected chi connectivity index (χ2v) is 8.50. The van der Waals surface area contributed by atoms with Gasteiger partial charge in [0.05, 0.1) is 16.6 Å². The molecule has 0 unspecified atom stereocenters. The van der Waals surface area contributed by atoms with Gasteiger partial charge in [0, 0.05) is 18.0 Å². The molecular formula is C26H20N4O4. The van der Waals surface area contributed by atoms with E-state index in [9.17, 15) is 14.7 Å². The lowest BCUT2D eigenvalue weighted by atomic mass is 9.98. The smallest absolute Gasteiger partial charge is 0.439 e. The Morgan fingerprint density at radius 3 is 2.47 bits per heavy atom. The van der Waals surface area contributed by atoms with Crippen molar-refractivity contribution >= 4 is 17.0 Å². The van der Waals surface area contributed by atoms with Gasteiger partial charge in [-0.3, -0.25) is 9.51 Å². The number of aromatic nitrogens is 4. The molecule has 2 heterocycles. The summed E-state index contributed by atoms with van der Waals surface area (Å²) in [5.41, 5.74) is 5.34. The van der Waals surface area contributed by atoms with Crippen LogP contribution in [0.15, 0.2) is 76.0 Å². The maximum Gasteiger partial charge on any atom is 0.439 e. The van der Waals surface area contributed by atoms with Crippen LogP contribution in [0.1, 0.15) is 40.5 Å². The Morgan fingerprint density at radius 2 is 1.79 bits per heavy atom. The number of carboxylic acids is 1. The van der Waals surface area contributed by atoms with Crippen LogP contribution in [0.2, 0.25) is 0 Å². The fourth-order valence-corrected chi connectivity index (χ4v) is 4.45. The molecule has 0 radical (unpaired) electrons. The van der Waals surface area contributed by atoms with Gasteiger partial charge in [-0.2, -0.15) is 0 Å². The Bertz CT molecular complexity index is 1590. The van der Waals surface area contributed by atoms with Crippen LogP contribution in [-0.4, -0.2) is 30.8 Å². The zero-order valence-electron chi connectivity index (χ0n) is 18.1. The average molecular weight is 452 g/mol. The second kappa shape index (κ2) is 7.84. The molecular weight excluding hydrogens is 432 g/mol. The second-order valence-electron chi connectivity index (χ2n) is 8.50. The minimum absolute atomic E-state index is 0.268. The topological polar surface area (TPSA) is 114 Å². The molecule has 0 spiro atoms. The average Bonchev–Trinajstić information content (AvgIpc) is 3.51. The molecule has 2 N–H and O–H groups in total. The summed E-state index contributed by atoms with van der Waals surface area (Å²) < 4.78 is 6.73. The molecule has 1 aliphatic rings. The van der Waals surface area contributed by atoms with Gasteiger partial charge in [-0.05, 0) is 41.7 Å². The summed E-state index contributed by atoms with van der Waals surface area (Å²) in [4.78, 5) is 30.7. The number of aromatic amines is 1. The molecule has 8 nitrogen and oxygen atoms in total. The van der Waals surface area contributed by atoms with Gasteiger partial charge in [0.2, 0.25) is 0 Å². The molecule has 3 aromatic carbocycles. The minimum Gasteiger partial charge on any atom is -0.478 e. The van der Waals surface area contributed by atoms with Crippen molar-refractivity contribution in [2.24, 2.45) is 0 Å². The summed E-state index contributed by atoms with van der Waals surface area (Å²) in [6.07, 6.45) is 2.15. The van der Waals surface area contributed by atoms with Crippen molar-refractivity contribution in [2.45, 2.75) is 25.3 Å². The van der Waals surface area contributed by atoms with E-state index < -0.39 is 11.7 Å². The number of nitrogens with zero attached hydrogens (tertiary/aromatic N) is 3. The van der Waals surface area contributed by atoms with Crippen molar-refractivity contribution in [2.75, 3.05) is 0 Å². The predicted molar refractivity (Wildman–Crippen MR) is 126 cm³/mol. The summed E-state index contributed by atoms with van der Waals surface area (Å²) in [5, 5.41) is 13.6.